The Morgan fingerprint density at radius 2 is 1.83 bits per heavy atom. The second kappa shape index (κ2) is 7.98. The molecule has 2 aliphatic heterocycles. The topological polar surface area (TPSA) is 109 Å². The van der Waals surface area contributed by atoms with E-state index in [0.29, 0.717) is 13.2 Å². The average Bonchev–Trinajstić information content (AvgIpc) is 3.06. The van der Waals surface area contributed by atoms with Crippen LogP contribution in [0.15, 0.2) is 27.8 Å². The van der Waals surface area contributed by atoms with Gasteiger partial charge in [-0.25, -0.2) is 4.79 Å². The molecule has 3 heterocycles. The average molecular weight is 414 g/mol. The van der Waals surface area contributed by atoms with Crippen molar-refractivity contribution in [2.75, 3.05) is 32.0 Å². The molecule has 160 valence electrons. The largest absolute Gasteiger partial charge is 0.490 e. The van der Waals surface area contributed by atoms with Gasteiger partial charge in [-0.1, -0.05) is 6.07 Å². The summed E-state index contributed by atoms with van der Waals surface area (Å²) >= 11 is 0. The number of carbonyl (C=O) groups is 1. The molecule has 0 unspecified atom stereocenters. The SMILES string of the molecule is Cn1c(N)c(C(=O)CN2CCC[C@@H]2c2ccc3c(c2)OCCCO3)c(=O)n(C)c1=O. The maximum absolute atomic E-state index is 13.0. The Labute approximate surface area is 173 Å². The number of fused-ring (bicyclic) bond motifs is 1. The number of nitrogens with two attached hydrogens (primary N) is 1. The van der Waals surface area contributed by atoms with Crippen LogP contribution in [0.2, 0.25) is 0 Å². The van der Waals surface area contributed by atoms with Gasteiger partial charge in [0.05, 0.1) is 19.8 Å². The number of aromatic nitrogens is 2. The van der Waals surface area contributed by atoms with Crippen molar-refractivity contribution in [2.24, 2.45) is 14.1 Å². The van der Waals surface area contributed by atoms with E-state index in [4.69, 9.17) is 15.2 Å². The molecule has 0 saturated carbocycles. The summed E-state index contributed by atoms with van der Waals surface area (Å²) in [4.78, 5) is 39.6. The van der Waals surface area contributed by atoms with Crippen LogP contribution in [0.25, 0.3) is 0 Å². The highest BCUT2D eigenvalue weighted by molar-refractivity contribution is 6.01. The van der Waals surface area contributed by atoms with E-state index in [9.17, 15) is 14.4 Å². The molecule has 1 atom stereocenters. The molecule has 2 aromatic rings. The number of ether oxygens (including phenoxy) is 2. The highest BCUT2D eigenvalue weighted by Crippen LogP contribution is 2.37. The fourth-order valence-electron chi connectivity index (χ4n) is 4.17. The molecular weight excluding hydrogens is 388 g/mol. The third-order valence-electron chi connectivity index (χ3n) is 5.86. The van der Waals surface area contributed by atoms with Gasteiger partial charge in [0, 0.05) is 26.6 Å². The third kappa shape index (κ3) is 3.49. The summed E-state index contributed by atoms with van der Waals surface area (Å²) in [5, 5.41) is 0. The molecule has 1 fully saturated rings. The second-order valence-corrected chi connectivity index (χ2v) is 7.77. The highest BCUT2D eigenvalue weighted by Gasteiger charge is 2.30. The molecule has 2 aliphatic rings. The predicted molar refractivity (Wildman–Crippen MR) is 111 cm³/mol. The maximum Gasteiger partial charge on any atom is 0.332 e. The molecule has 2 N–H and O–H groups in total. The van der Waals surface area contributed by atoms with E-state index in [1.165, 1.54) is 14.1 Å². The zero-order valence-corrected chi connectivity index (χ0v) is 17.2. The van der Waals surface area contributed by atoms with Crippen LogP contribution < -0.4 is 26.5 Å². The van der Waals surface area contributed by atoms with Gasteiger partial charge >= 0.3 is 5.69 Å². The lowest BCUT2D eigenvalue weighted by Crippen LogP contribution is -2.43. The van der Waals surface area contributed by atoms with E-state index in [2.05, 4.69) is 0 Å². The normalized spacial score (nSPS) is 18.9. The molecule has 1 aromatic heterocycles. The van der Waals surface area contributed by atoms with Crippen molar-refractivity contribution in [3.63, 3.8) is 0 Å². The van der Waals surface area contributed by atoms with Crippen LogP contribution in [-0.2, 0) is 14.1 Å². The van der Waals surface area contributed by atoms with Gasteiger partial charge in [0.15, 0.2) is 17.3 Å². The van der Waals surface area contributed by atoms with Gasteiger partial charge in [-0.05, 0) is 37.1 Å². The summed E-state index contributed by atoms with van der Waals surface area (Å²) in [5.41, 5.74) is 5.64. The summed E-state index contributed by atoms with van der Waals surface area (Å²) in [5.74, 6) is 0.974. The van der Waals surface area contributed by atoms with Crippen molar-refractivity contribution in [1.82, 2.24) is 14.0 Å². The van der Waals surface area contributed by atoms with Crippen molar-refractivity contribution in [3.8, 4) is 11.5 Å². The molecule has 0 amide bonds. The van der Waals surface area contributed by atoms with Crippen LogP contribution in [0.3, 0.4) is 0 Å². The van der Waals surface area contributed by atoms with Crippen LogP contribution >= 0.6 is 0 Å². The van der Waals surface area contributed by atoms with Crippen molar-refractivity contribution >= 4 is 11.6 Å². The molecule has 0 spiro atoms. The third-order valence-corrected chi connectivity index (χ3v) is 5.86. The smallest absolute Gasteiger partial charge is 0.332 e. The lowest BCUT2D eigenvalue weighted by molar-refractivity contribution is 0.0919. The van der Waals surface area contributed by atoms with Crippen molar-refractivity contribution < 1.29 is 14.3 Å². The Hall–Kier alpha value is -3.07. The lowest BCUT2D eigenvalue weighted by atomic mass is 10.0. The van der Waals surface area contributed by atoms with Crippen molar-refractivity contribution in [1.29, 1.82) is 0 Å². The van der Waals surface area contributed by atoms with Crippen LogP contribution in [-0.4, -0.2) is 46.1 Å². The van der Waals surface area contributed by atoms with E-state index in [1.54, 1.807) is 0 Å². The van der Waals surface area contributed by atoms with Crippen molar-refractivity contribution in [2.45, 2.75) is 25.3 Å². The number of likely N-dealkylation sites (tertiary alicyclic amines) is 1. The molecule has 9 nitrogen and oxygen atoms in total. The lowest BCUT2D eigenvalue weighted by Gasteiger charge is -2.25. The highest BCUT2D eigenvalue weighted by atomic mass is 16.5. The first-order valence-electron chi connectivity index (χ1n) is 10.1. The van der Waals surface area contributed by atoms with Gasteiger partial charge in [0.1, 0.15) is 11.4 Å². The minimum absolute atomic E-state index is 0.0312. The standard InChI is InChI=1S/C21H26N4O5/c1-23-19(22)18(20(27)24(2)21(23)28)15(26)12-25-8-3-5-14(25)13-6-7-16-17(11-13)30-10-4-9-29-16/h6-7,11,14H,3-5,8-10,12,22H2,1-2H3/t14-/m1/s1. The van der Waals surface area contributed by atoms with E-state index in [0.717, 1.165) is 52.0 Å². The number of Topliss-reactive ketones (excluding diaryl/α,β-unsaturated/α-hetero) is 1. The molecule has 0 radical (unpaired) electrons. The van der Waals surface area contributed by atoms with Crippen LogP contribution in [0.5, 0.6) is 11.5 Å². The molecular formula is C21H26N4O5. The maximum atomic E-state index is 13.0. The Morgan fingerprint density at radius 1 is 1.10 bits per heavy atom. The molecule has 1 aromatic carbocycles. The quantitative estimate of drug-likeness (QED) is 0.739. The second-order valence-electron chi connectivity index (χ2n) is 7.77. The van der Waals surface area contributed by atoms with Gasteiger partial charge < -0.3 is 15.2 Å². The fourth-order valence-corrected chi connectivity index (χ4v) is 4.17. The first kappa shape index (κ1) is 20.2. The Morgan fingerprint density at radius 3 is 2.60 bits per heavy atom. The Balaban J connectivity index is 1.60. The molecule has 0 aliphatic carbocycles. The number of anilines is 1. The Bertz CT molecular complexity index is 1100. The zero-order valence-electron chi connectivity index (χ0n) is 17.2. The predicted octanol–water partition coefficient (Wildman–Crippen LogP) is 0.847. The molecule has 0 bridgehead atoms. The van der Waals surface area contributed by atoms with Crippen molar-refractivity contribution in [3.05, 3.63) is 50.2 Å². The fraction of sp³-hybridized carbons (Fsp3) is 0.476. The summed E-state index contributed by atoms with van der Waals surface area (Å²) in [7, 11) is 2.79. The monoisotopic (exact) mass is 414 g/mol. The number of nitrogens with zero attached hydrogens (tertiary/aromatic N) is 3. The number of hydrogen-bond acceptors (Lipinski definition) is 7. The molecule has 9 heteroatoms. The van der Waals surface area contributed by atoms with E-state index in [-0.39, 0.29) is 29.8 Å². The van der Waals surface area contributed by atoms with Crippen LogP contribution in [0.1, 0.15) is 41.2 Å². The van der Waals surface area contributed by atoms with E-state index in [1.807, 2.05) is 23.1 Å². The van der Waals surface area contributed by atoms with Gasteiger partial charge in [0.25, 0.3) is 5.56 Å². The first-order chi connectivity index (χ1) is 14.4. The number of hydrogen-bond donors (Lipinski definition) is 1. The van der Waals surface area contributed by atoms with E-state index < -0.39 is 11.2 Å². The number of nitrogen functional groups attached to an aromatic ring is 1. The van der Waals surface area contributed by atoms with Crippen LogP contribution in [0.4, 0.5) is 5.82 Å². The van der Waals surface area contributed by atoms with Crippen LogP contribution in [0, 0.1) is 0 Å². The number of benzene rings is 1. The van der Waals surface area contributed by atoms with Gasteiger partial charge in [-0.3, -0.25) is 23.6 Å². The number of carbonyl (C=O) groups excluding carboxylic acids is 1. The summed E-state index contributed by atoms with van der Waals surface area (Å²) in [6.45, 7) is 2.03. The molecule has 30 heavy (non-hydrogen) atoms. The minimum atomic E-state index is -0.660. The van der Waals surface area contributed by atoms with Gasteiger partial charge in [-0.15, -0.1) is 0 Å². The van der Waals surface area contributed by atoms with Gasteiger partial charge in [-0.2, -0.15) is 0 Å². The zero-order chi connectivity index (χ0) is 21.4. The number of rotatable bonds is 4. The first-order valence-corrected chi connectivity index (χ1v) is 10.1. The molecule has 4 rings (SSSR count). The summed E-state index contributed by atoms with van der Waals surface area (Å²) in [6.07, 6.45) is 2.67. The Kier molecular flexibility index (Phi) is 5.38. The molecule has 1 saturated heterocycles. The minimum Gasteiger partial charge on any atom is -0.490 e. The number of ketones is 1. The summed E-state index contributed by atoms with van der Waals surface area (Å²) < 4.78 is 13.5. The summed E-state index contributed by atoms with van der Waals surface area (Å²) in [6, 6.07) is 5.92. The van der Waals surface area contributed by atoms with E-state index >= 15 is 0 Å². The van der Waals surface area contributed by atoms with Gasteiger partial charge in [0.2, 0.25) is 0 Å².